The first kappa shape index (κ1) is 7.20. The third-order valence-electron chi connectivity index (χ3n) is 1.48. The van der Waals surface area contributed by atoms with Crippen molar-refractivity contribution in [3.8, 4) is 0 Å². The lowest BCUT2D eigenvalue weighted by Gasteiger charge is -2.10. The van der Waals surface area contributed by atoms with E-state index in [-0.39, 0.29) is 0 Å². The molecule has 1 aliphatic heterocycles. The van der Waals surface area contributed by atoms with Crippen LogP contribution in [0.25, 0.3) is 0 Å². The second-order valence-electron chi connectivity index (χ2n) is 2.31. The van der Waals surface area contributed by atoms with Crippen molar-refractivity contribution < 1.29 is 0 Å². The van der Waals surface area contributed by atoms with E-state index in [1.807, 2.05) is 11.8 Å². The molecule has 51 valence electrons. The van der Waals surface area contributed by atoms with Crippen molar-refractivity contribution in [2.45, 2.75) is 19.3 Å². The van der Waals surface area contributed by atoms with Crippen molar-refractivity contribution in [3.05, 3.63) is 18.6 Å². The Morgan fingerprint density at radius 3 is 3.11 bits per heavy atom. The predicted octanol–water partition coefficient (Wildman–Crippen LogP) is 2.66. The van der Waals surface area contributed by atoms with Gasteiger partial charge in [0.05, 0.1) is 0 Å². The Morgan fingerprint density at radius 1 is 1.67 bits per heavy atom. The summed E-state index contributed by atoms with van der Waals surface area (Å²) >= 11 is 2.05. The van der Waals surface area contributed by atoms with E-state index in [0.717, 1.165) is 6.42 Å². The monoisotopic (exact) mass is 141 g/mol. The van der Waals surface area contributed by atoms with Gasteiger partial charge in [0, 0.05) is 5.75 Å². The van der Waals surface area contributed by atoms with E-state index < -0.39 is 0 Å². The standard InChI is InChI=1S/C8H13S/c1-2-4-8-5-3-6-9-7-8/h5H,1-4,6-7H2. The van der Waals surface area contributed by atoms with E-state index in [2.05, 4.69) is 13.0 Å². The minimum absolute atomic E-state index is 1.06. The molecule has 1 heteroatoms. The number of thioether (sulfide) groups is 1. The third kappa shape index (κ3) is 2.44. The molecular formula is C8H13S. The molecule has 0 bridgehead atoms. The molecule has 0 atom stereocenters. The Bertz CT molecular complexity index is 105. The Balaban J connectivity index is 2.28. The molecule has 0 N–H and O–H groups in total. The molecule has 0 aromatic heterocycles. The molecule has 0 saturated heterocycles. The van der Waals surface area contributed by atoms with E-state index in [0.29, 0.717) is 0 Å². The highest BCUT2D eigenvalue weighted by Crippen LogP contribution is 2.19. The van der Waals surface area contributed by atoms with E-state index in [4.69, 9.17) is 0 Å². The van der Waals surface area contributed by atoms with Crippen LogP contribution in [0.4, 0.5) is 0 Å². The molecule has 1 radical (unpaired) electrons. The highest BCUT2D eigenvalue weighted by atomic mass is 32.2. The van der Waals surface area contributed by atoms with Crippen molar-refractivity contribution in [2.24, 2.45) is 0 Å². The average Bonchev–Trinajstić information content (AvgIpc) is 1.91. The maximum absolute atomic E-state index is 3.83. The van der Waals surface area contributed by atoms with Crippen LogP contribution < -0.4 is 0 Å². The molecule has 0 nitrogen and oxygen atoms in total. The van der Waals surface area contributed by atoms with Crippen LogP contribution in [0.2, 0.25) is 0 Å². The number of hydrogen-bond acceptors (Lipinski definition) is 1. The van der Waals surface area contributed by atoms with Gasteiger partial charge in [-0.2, -0.15) is 11.8 Å². The summed E-state index contributed by atoms with van der Waals surface area (Å²) in [7, 11) is 0. The second-order valence-corrected chi connectivity index (χ2v) is 3.41. The molecule has 9 heavy (non-hydrogen) atoms. The third-order valence-corrected chi connectivity index (χ3v) is 2.58. The quantitative estimate of drug-likeness (QED) is 0.533. The summed E-state index contributed by atoms with van der Waals surface area (Å²) in [5, 5.41) is 0. The molecule has 0 fully saturated rings. The van der Waals surface area contributed by atoms with E-state index in [9.17, 15) is 0 Å². The fourth-order valence-electron chi connectivity index (χ4n) is 1.01. The van der Waals surface area contributed by atoms with Gasteiger partial charge < -0.3 is 0 Å². The molecule has 0 aromatic rings. The molecule has 0 spiro atoms. The topological polar surface area (TPSA) is 0 Å². The van der Waals surface area contributed by atoms with Gasteiger partial charge in [-0.25, -0.2) is 0 Å². The van der Waals surface area contributed by atoms with Crippen LogP contribution in [-0.2, 0) is 0 Å². The lowest BCUT2D eigenvalue weighted by atomic mass is 10.1. The van der Waals surface area contributed by atoms with Crippen molar-refractivity contribution in [3.63, 3.8) is 0 Å². The maximum atomic E-state index is 3.83. The summed E-state index contributed by atoms with van der Waals surface area (Å²) < 4.78 is 0. The summed E-state index contributed by atoms with van der Waals surface area (Å²) in [6, 6.07) is 0. The van der Waals surface area contributed by atoms with Crippen LogP contribution in [0, 0.1) is 6.92 Å². The predicted molar refractivity (Wildman–Crippen MR) is 44.6 cm³/mol. The number of allylic oxidation sites excluding steroid dienone is 1. The zero-order valence-corrected chi connectivity index (χ0v) is 6.54. The summed E-state index contributed by atoms with van der Waals surface area (Å²) in [5.74, 6) is 2.58. The Kier molecular flexibility index (Phi) is 3.20. The van der Waals surface area contributed by atoms with Gasteiger partial charge in [0.2, 0.25) is 0 Å². The molecule has 1 aliphatic rings. The van der Waals surface area contributed by atoms with Gasteiger partial charge in [0.1, 0.15) is 0 Å². The Morgan fingerprint density at radius 2 is 2.56 bits per heavy atom. The highest BCUT2D eigenvalue weighted by Gasteiger charge is 2.00. The van der Waals surface area contributed by atoms with Crippen LogP contribution >= 0.6 is 11.8 Å². The van der Waals surface area contributed by atoms with Gasteiger partial charge in [-0.05, 0) is 25.0 Å². The SMILES string of the molecule is [CH2]CCC1=CCCSC1. The van der Waals surface area contributed by atoms with Gasteiger partial charge in [0.25, 0.3) is 0 Å². The molecule has 1 rings (SSSR count). The lowest BCUT2D eigenvalue weighted by molar-refractivity contribution is 0.956. The lowest BCUT2D eigenvalue weighted by Crippen LogP contribution is -1.95. The fourth-order valence-corrected chi connectivity index (χ4v) is 1.96. The van der Waals surface area contributed by atoms with Crippen LogP contribution in [0.5, 0.6) is 0 Å². The summed E-state index contributed by atoms with van der Waals surface area (Å²) in [5.41, 5.74) is 1.61. The second kappa shape index (κ2) is 3.99. The molecular weight excluding hydrogens is 128 g/mol. The van der Waals surface area contributed by atoms with Gasteiger partial charge in [-0.3, -0.25) is 0 Å². The smallest absolute Gasteiger partial charge is 0.0143 e. The largest absolute Gasteiger partial charge is 0.157 e. The average molecular weight is 141 g/mol. The van der Waals surface area contributed by atoms with Crippen LogP contribution in [0.3, 0.4) is 0 Å². The molecule has 0 aliphatic carbocycles. The van der Waals surface area contributed by atoms with Gasteiger partial charge in [0.15, 0.2) is 0 Å². The first-order valence-electron chi connectivity index (χ1n) is 3.48. The zero-order chi connectivity index (χ0) is 6.53. The maximum Gasteiger partial charge on any atom is 0.0143 e. The van der Waals surface area contributed by atoms with E-state index in [1.165, 1.54) is 24.3 Å². The highest BCUT2D eigenvalue weighted by molar-refractivity contribution is 7.99. The summed E-state index contributed by atoms with van der Waals surface area (Å²) in [6.45, 7) is 3.83. The minimum atomic E-state index is 1.06. The van der Waals surface area contributed by atoms with Crippen LogP contribution in [-0.4, -0.2) is 11.5 Å². The first-order valence-corrected chi connectivity index (χ1v) is 4.64. The first-order chi connectivity index (χ1) is 4.43. The van der Waals surface area contributed by atoms with Crippen molar-refractivity contribution in [1.29, 1.82) is 0 Å². The minimum Gasteiger partial charge on any atom is -0.157 e. The van der Waals surface area contributed by atoms with Crippen molar-refractivity contribution in [2.75, 3.05) is 11.5 Å². The Labute approximate surface area is 61.7 Å². The van der Waals surface area contributed by atoms with Crippen LogP contribution in [0.15, 0.2) is 11.6 Å². The number of hydrogen-bond donors (Lipinski definition) is 0. The normalized spacial score (nSPS) is 19.4. The van der Waals surface area contributed by atoms with Gasteiger partial charge in [-0.15, -0.1) is 0 Å². The van der Waals surface area contributed by atoms with Crippen molar-refractivity contribution in [1.82, 2.24) is 0 Å². The van der Waals surface area contributed by atoms with Crippen molar-refractivity contribution >= 4 is 11.8 Å². The molecule has 0 unspecified atom stereocenters. The molecule has 0 amide bonds. The fraction of sp³-hybridized carbons (Fsp3) is 0.625. The summed E-state index contributed by atoms with van der Waals surface area (Å²) in [4.78, 5) is 0. The van der Waals surface area contributed by atoms with Crippen LogP contribution in [0.1, 0.15) is 19.3 Å². The Hall–Kier alpha value is 0.0900. The van der Waals surface area contributed by atoms with Gasteiger partial charge >= 0.3 is 0 Å². The molecule has 0 saturated carbocycles. The van der Waals surface area contributed by atoms with Gasteiger partial charge in [-0.1, -0.05) is 18.6 Å². The zero-order valence-electron chi connectivity index (χ0n) is 5.73. The molecule has 1 heterocycles. The van der Waals surface area contributed by atoms with E-state index >= 15 is 0 Å². The van der Waals surface area contributed by atoms with E-state index in [1.54, 1.807) is 5.57 Å². The molecule has 0 aromatic carbocycles. The summed E-state index contributed by atoms with van der Waals surface area (Å²) in [6.07, 6.45) is 5.93. The number of rotatable bonds is 2.